The Kier molecular flexibility index (Phi) is 14.0. The van der Waals surface area contributed by atoms with Gasteiger partial charge in [-0.25, -0.2) is 0 Å². The summed E-state index contributed by atoms with van der Waals surface area (Å²) in [6, 6.07) is 0. The highest BCUT2D eigenvalue weighted by molar-refractivity contribution is 4.87. The van der Waals surface area contributed by atoms with Gasteiger partial charge in [-0.1, -0.05) is 92.9 Å². The lowest BCUT2D eigenvalue weighted by molar-refractivity contribution is 0.313. The minimum Gasteiger partial charge on any atom is -0.473 e. The van der Waals surface area contributed by atoms with Crippen molar-refractivity contribution in [3.05, 3.63) is 24.7 Å². The van der Waals surface area contributed by atoms with E-state index in [4.69, 9.17) is 4.74 Å². The Labute approximate surface area is 159 Å². The van der Waals surface area contributed by atoms with Gasteiger partial charge < -0.3 is 4.74 Å². The highest BCUT2D eigenvalue weighted by atomic mass is 16.5. The second-order valence-corrected chi connectivity index (χ2v) is 9.24. The van der Waals surface area contributed by atoms with Crippen LogP contribution >= 0.6 is 0 Å². The van der Waals surface area contributed by atoms with Gasteiger partial charge in [-0.05, 0) is 48.7 Å². The summed E-state index contributed by atoms with van der Waals surface area (Å²) in [6.07, 6.45) is 23.7. The average molecular weight is 351 g/mol. The Balaban J connectivity index is 3.85. The van der Waals surface area contributed by atoms with E-state index in [0.29, 0.717) is 10.8 Å². The van der Waals surface area contributed by atoms with Crippen molar-refractivity contribution in [2.75, 3.05) is 0 Å². The first kappa shape index (κ1) is 24.3. The monoisotopic (exact) mass is 350 g/mol. The van der Waals surface area contributed by atoms with Gasteiger partial charge in [0.05, 0.1) is 12.5 Å². The van der Waals surface area contributed by atoms with Crippen LogP contribution in [0.2, 0.25) is 0 Å². The van der Waals surface area contributed by atoms with E-state index in [-0.39, 0.29) is 0 Å². The SMILES string of the molecule is CCCCCCC(C)(C)CC=COC=CCC(C)(C)CCCCCC. The van der Waals surface area contributed by atoms with E-state index in [9.17, 15) is 0 Å². The minimum atomic E-state index is 0.387. The van der Waals surface area contributed by atoms with E-state index >= 15 is 0 Å². The van der Waals surface area contributed by atoms with Gasteiger partial charge in [-0.3, -0.25) is 0 Å². The van der Waals surface area contributed by atoms with Crippen LogP contribution in [0.3, 0.4) is 0 Å². The zero-order valence-electron chi connectivity index (χ0n) is 18.2. The fourth-order valence-electron chi connectivity index (χ4n) is 3.16. The molecule has 0 aromatic carbocycles. The Morgan fingerprint density at radius 3 is 1.36 bits per heavy atom. The molecule has 0 amide bonds. The summed E-state index contributed by atoms with van der Waals surface area (Å²) in [7, 11) is 0. The van der Waals surface area contributed by atoms with Crippen LogP contribution in [0.1, 0.15) is 119 Å². The Bertz CT molecular complexity index is 315. The molecule has 0 radical (unpaired) electrons. The Hall–Kier alpha value is -0.720. The van der Waals surface area contributed by atoms with Gasteiger partial charge in [-0.2, -0.15) is 0 Å². The molecule has 0 saturated carbocycles. The summed E-state index contributed by atoms with van der Waals surface area (Å²) in [4.78, 5) is 0. The summed E-state index contributed by atoms with van der Waals surface area (Å²) in [6.45, 7) is 14.0. The van der Waals surface area contributed by atoms with Gasteiger partial charge in [0.2, 0.25) is 0 Å². The predicted octanol–water partition coefficient (Wildman–Crippen LogP) is 8.80. The topological polar surface area (TPSA) is 9.23 Å². The van der Waals surface area contributed by atoms with Crippen LogP contribution in [0.4, 0.5) is 0 Å². The van der Waals surface area contributed by atoms with Gasteiger partial charge in [0, 0.05) is 0 Å². The lowest BCUT2D eigenvalue weighted by Crippen LogP contribution is -2.09. The second-order valence-electron chi connectivity index (χ2n) is 9.24. The molecule has 0 aliphatic heterocycles. The fraction of sp³-hybridized carbons (Fsp3) is 0.833. The summed E-state index contributed by atoms with van der Waals surface area (Å²) in [5.41, 5.74) is 0.773. The second kappa shape index (κ2) is 14.4. The standard InChI is InChI=1S/C24H46O/c1-7-9-11-13-17-23(3,4)19-15-21-25-22-16-20-24(5,6)18-14-12-10-8-2/h15-16,21-22H,7-14,17-20H2,1-6H3. The minimum absolute atomic E-state index is 0.387. The van der Waals surface area contributed by atoms with E-state index in [1.54, 1.807) is 0 Å². The zero-order chi connectivity index (χ0) is 19.0. The molecule has 1 nitrogen and oxygen atoms in total. The first-order valence-corrected chi connectivity index (χ1v) is 10.8. The third-order valence-electron chi connectivity index (χ3n) is 5.10. The molecule has 0 heterocycles. The molecule has 0 aromatic heterocycles. The van der Waals surface area contributed by atoms with Crippen LogP contribution in [-0.2, 0) is 4.74 Å². The normalized spacial score (nSPS) is 13.2. The molecule has 0 unspecified atom stereocenters. The lowest BCUT2D eigenvalue weighted by Gasteiger charge is -2.22. The van der Waals surface area contributed by atoms with E-state index in [1.165, 1.54) is 64.2 Å². The largest absolute Gasteiger partial charge is 0.473 e. The van der Waals surface area contributed by atoms with Gasteiger partial charge in [0.1, 0.15) is 0 Å². The van der Waals surface area contributed by atoms with E-state index in [2.05, 4.69) is 53.7 Å². The summed E-state index contributed by atoms with van der Waals surface area (Å²) >= 11 is 0. The van der Waals surface area contributed by atoms with Crippen molar-refractivity contribution in [2.24, 2.45) is 10.8 Å². The van der Waals surface area contributed by atoms with Crippen molar-refractivity contribution in [1.82, 2.24) is 0 Å². The highest BCUT2D eigenvalue weighted by Gasteiger charge is 2.16. The van der Waals surface area contributed by atoms with Crippen LogP contribution in [0, 0.1) is 10.8 Å². The summed E-state index contributed by atoms with van der Waals surface area (Å²) in [5, 5.41) is 0. The van der Waals surface area contributed by atoms with Crippen molar-refractivity contribution in [2.45, 2.75) is 119 Å². The fourth-order valence-corrected chi connectivity index (χ4v) is 3.16. The third-order valence-corrected chi connectivity index (χ3v) is 5.10. The quantitative estimate of drug-likeness (QED) is 0.199. The van der Waals surface area contributed by atoms with Crippen molar-refractivity contribution in [3.63, 3.8) is 0 Å². The Morgan fingerprint density at radius 1 is 0.600 bits per heavy atom. The molecule has 148 valence electrons. The van der Waals surface area contributed by atoms with E-state index in [1.807, 2.05) is 12.5 Å². The molecule has 0 bridgehead atoms. The highest BCUT2D eigenvalue weighted by Crippen LogP contribution is 2.29. The number of hydrogen-bond donors (Lipinski definition) is 0. The molecule has 25 heavy (non-hydrogen) atoms. The van der Waals surface area contributed by atoms with Gasteiger partial charge in [0.25, 0.3) is 0 Å². The number of unbranched alkanes of at least 4 members (excludes halogenated alkanes) is 6. The van der Waals surface area contributed by atoms with Crippen LogP contribution in [0.5, 0.6) is 0 Å². The molecule has 0 spiro atoms. The van der Waals surface area contributed by atoms with Crippen LogP contribution < -0.4 is 0 Å². The molecule has 0 fully saturated rings. The van der Waals surface area contributed by atoms with Crippen LogP contribution in [0.15, 0.2) is 24.7 Å². The molecule has 0 aliphatic rings. The molecule has 0 rings (SSSR count). The maximum absolute atomic E-state index is 5.55. The first-order valence-electron chi connectivity index (χ1n) is 10.8. The molecular formula is C24H46O. The first-order chi connectivity index (χ1) is 11.8. The number of ether oxygens (including phenoxy) is 1. The molecule has 0 atom stereocenters. The maximum Gasteiger partial charge on any atom is 0.0861 e. The van der Waals surface area contributed by atoms with Crippen molar-refractivity contribution >= 4 is 0 Å². The molecule has 1 heteroatoms. The Morgan fingerprint density at radius 2 is 1.00 bits per heavy atom. The molecular weight excluding hydrogens is 304 g/mol. The van der Waals surface area contributed by atoms with Crippen molar-refractivity contribution in [3.8, 4) is 0 Å². The van der Waals surface area contributed by atoms with E-state index in [0.717, 1.165) is 12.8 Å². The zero-order valence-corrected chi connectivity index (χ0v) is 18.2. The van der Waals surface area contributed by atoms with Gasteiger partial charge in [-0.15, -0.1) is 0 Å². The number of allylic oxidation sites excluding steroid dienone is 2. The molecule has 0 aliphatic carbocycles. The van der Waals surface area contributed by atoms with E-state index < -0.39 is 0 Å². The summed E-state index contributed by atoms with van der Waals surface area (Å²) in [5.74, 6) is 0. The van der Waals surface area contributed by atoms with Crippen molar-refractivity contribution < 1.29 is 4.74 Å². The molecule has 0 saturated heterocycles. The van der Waals surface area contributed by atoms with Crippen LogP contribution in [0.25, 0.3) is 0 Å². The average Bonchev–Trinajstić information content (AvgIpc) is 2.55. The third kappa shape index (κ3) is 16.5. The van der Waals surface area contributed by atoms with Gasteiger partial charge in [0.15, 0.2) is 0 Å². The predicted molar refractivity (Wildman–Crippen MR) is 114 cm³/mol. The maximum atomic E-state index is 5.55. The molecule has 0 aromatic rings. The van der Waals surface area contributed by atoms with Crippen molar-refractivity contribution in [1.29, 1.82) is 0 Å². The number of hydrogen-bond acceptors (Lipinski definition) is 1. The lowest BCUT2D eigenvalue weighted by atomic mass is 9.83. The smallest absolute Gasteiger partial charge is 0.0861 e. The van der Waals surface area contributed by atoms with Crippen LogP contribution in [-0.4, -0.2) is 0 Å². The molecule has 0 N–H and O–H groups in total. The number of rotatable bonds is 16. The summed E-state index contributed by atoms with van der Waals surface area (Å²) < 4.78 is 5.55. The van der Waals surface area contributed by atoms with Gasteiger partial charge >= 0.3 is 0 Å².